The summed E-state index contributed by atoms with van der Waals surface area (Å²) in [4.78, 5) is 17.0. The third-order valence-electron chi connectivity index (χ3n) is 5.11. The standard InChI is InChI=1S/C17H23N5O2/c1-10-3-4-15(24-10)11-8-22(9-13(11)18)17(23)16-12-7-21(2)6-5-14(12)19-20-16/h3-4,11,13H,5-9,18H2,1-2H3,(H,19,20)/t11-,13-/m0/s1. The van der Waals surface area contributed by atoms with Crippen LogP contribution >= 0.6 is 0 Å². The Hall–Kier alpha value is -2.12. The lowest BCUT2D eigenvalue weighted by Gasteiger charge is -2.23. The summed E-state index contributed by atoms with van der Waals surface area (Å²) >= 11 is 0. The number of amides is 1. The molecule has 0 saturated carbocycles. The van der Waals surface area contributed by atoms with E-state index >= 15 is 0 Å². The van der Waals surface area contributed by atoms with Crippen LogP contribution in [0.4, 0.5) is 0 Å². The van der Waals surface area contributed by atoms with E-state index in [1.807, 2.05) is 19.1 Å². The van der Waals surface area contributed by atoms with Gasteiger partial charge in [0.15, 0.2) is 5.69 Å². The van der Waals surface area contributed by atoms with Crippen molar-refractivity contribution in [2.75, 3.05) is 26.7 Å². The van der Waals surface area contributed by atoms with Crippen molar-refractivity contribution in [3.05, 3.63) is 40.6 Å². The van der Waals surface area contributed by atoms with Crippen LogP contribution in [0.5, 0.6) is 0 Å². The van der Waals surface area contributed by atoms with Crippen LogP contribution in [0.1, 0.15) is 39.2 Å². The van der Waals surface area contributed by atoms with Crippen LogP contribution in [0.2, 0.25) is 0 Å². The molecule has 128 valence electrons. The van der Waals surface area contributed by atoms with Crippen LogP contribution in [0.15, 0.2) is 16.5 Å². The summed E-state index contributed by atoms with van der Waals surface area (Å²) in [6, 6.07) is 3.78. The molecule has 1 saturated heterocycles. The topological polar surface area (TPSA) is 91.4 Å². The zero-order chi connectivity index (χ0) is 16.8. The minimum atomic E-state index is -0.114. The largest absolute Gasteiger partial charge is 0.466 e. The summed E-state index contributed by atoms with van der Waals surface area (Å²) in [6.45, 7) is 4.76. The molecule has 4 heterocycles. The second kappa shape index (κ2) is 5.75. The zero-order valence-electron chi connectivity index (χ0n) is 14.1. The number of H-pyrrole nitrogens is 1. The monoisotopic (exact) mass is 329 g/mol. The van der Waals surface area contributed by atoms with E-state index in [1.165, 1.54) is 0 Å². The fourth-order valence-electron chi connectivity index (χ4n) is 3.71. The number of carbonyl (C=O) groups is 1. The van der Waals surface area contributed by atoms with Gasteiger partial charge in [-0.15, -0.1) is 0 Å². The van der Waals surface area contributed by atoms with Crippen molar-refractivity contribution in [3.63, 3.8) is 0 Å². The zero-order valence-corrected chi connectivity index (χ0v) is 14.1. The Balaban J connectivity index is 1.55. The van der Waals surface area contributed by atoms with Gasteiger partial charge in [-0.25, -0.2) is 0 Å². The van der Waals surface area contributed by atoms with Crippen molar-refractivity contribution < 1.29 is 9.21 Å². The van der Waals surface area contributed by atoms with E-state index < -0.39 is 0 Å². The van der Waals surface area contributed by atoms with Crippen molar-refractivity contribution in [2.24, 2.45) is 5.73 Å². The first-order valence-corrected chi connectivity index (χ1v) is 8.38. The fraction of sp³-hybridized carbons (Fsp3) is 0.529. The molecule has 2 aliphatic heterocycles. The lowest BCUT2D eigenvalue weighted by molar-refractivity contribution is 0.0780. The van der Waals surface area contributed by atoms with E-state index in [0.29, 0.717) is 18.8 Å². The Morgan fingerprint density at radius 3 is 3.00 bits per heavy atom. The summed E-state index contributed by atoms with van der Waals surface area (Å²) in [5.74, 6) is 1.73. The van der Waals surface area contributed by atoms with Gasteiger partial charge in [0, 0.05) is 49.9 Å². The van der Waals surface area contributed by atoms with Gasteiger partial charge in [0.25, 0.3) is 5.91 Å². The first-order chi connectivity index (χ1) is 11.5. The van der Waals surface area contributed by atoms with Crippen LogP contribution in [0.25, 0.3) is 0 Å². The number of likely N-dealkylation sites (N-methyl/N-ethyl adjacent to an activating group) is 1. The number of hydrogen-bond acceptors (Lipinski definition) is 5. The molecule has 2 aliphatic rings. The molecular formula is C17H23N5O2. The third kappa shape index (κ3) is 2.53. The van der Waals surface area contributed by atoms with Crippen molar-refractivity contribution in [3.8, 4) is 0 Å². The summed E-state index contributed by atoms with van der Waals surface area (Å²) in [6.07, 6.45) is 0.903. The molecule has 7 heteroatoms. The van der Waals surface area contributed by atoms with Gasteiger partial charge < -0.3 is 20.0 Å². The molecule has 4 rings (SSSR count). The van der Waals surface area contributed by atoms with Crippen LogP contribution < -0.4 is 5.73 Å². The van der Waals surface area contributed by atoms with Gasteiger partial charge in [0.05, 0.1) is 5.92 Å². The van der Waals surface area contributed by atoms with E-state index in [0.717, 1.165) is 42.3 Å². The number of fused-ring (bicyclic) bond motifs is 1. The van der Waals surface area contributed by atoms with Crippen LogP contribution in [0.3, 0.4) is 0 Å². The van der Waals surface area contributed by atoms with Crippen LogP contribution in [-0.2, 0) is 13.0 Å². The van der Waals surface area contributed by atoms with Gasteiger partial charge in [-0.1, -0.05) is 0 Å². The predicted octanol–water partition coefficient (Wildman–Crippen LogP) is 0.866. The highest BCUT2D eigenvalue weighted by atomic mass is 16.3. The average Bonchev–Trinajstić information content (AvgIpc) is 3.24. The number of hydrogen-bond donors (Lipinski definition) is 2. The lowest BCUT2D eigenvalue weighted by Crippen LogP contribution is -2.34. The Morgan fingerprint density at radius 1 is 1.42 bits per heavy atom. The predicted molar refractivity (Wildman–Crippen MR) is 88.7 cm³/mol. The second-order valence-corrected chi connectivity index (χ2v) is 6.95. The second-order valence-electron chi connectivity index (χ2n) is 6.95. The molecule has 2 aromatic heterocycles. The number of rotatable bonds is 2. The summed E-state index contributed by atoms with van der Waals surface area (Å²) in [5, 5.41) is 7.33. The van der Waals surface area contributed by atoms with Gasteiger partial charge >= 0.3 is 0 Å². The van der Waals surface area contributed by atoms with Crippen molar-refractivity contribution in [1.82, 2.24) is 20.0 Å². The van der Waals surface area contributed by atoms with Gasteiger partial charge in [-0.05, 0) is 26.1 Å². The van der Waals surface area contributed by atoms with E-state index in [2.05, 4.69) is 22.1 Å². The van der Waals surface area contributed by atoms with E-state index in [-0.39, 0.29) is 17.9 Å². The maximum absolute atomic E-state index is 13.0. The Labute approximate surface area is 140 Å². The number of aromatic nitrogens is 2. The van der Waals surface area contributed by atoms with Crippen molar-refractivity contribution in [2.45, 2.75) is 31.8 Å². The highest BCUT2D eigenvalue weighted by Gasteiger charge is 2.38. The molecule has 7 nitrogen and oxygen atoms in total. The number of nitrogens with two attached hydrogens (primary N) is 1. The molecule has 0 bridgehead atoms. The quantitative estimate of drug-likeness (QED) is 0.853. The molecule has 0 unspecified atom stereocenters. The van der Waals surface area contributed by atoms with Crippen molar-refractivity contribution in [1.29, 1.82) is 0 Å². The summed E-state index contributed by atoms with van der Waals surface area (Å²) in [5.41, 5.74) is 8.92. The SMILES string of the molecule is Cc1ccc([C@H]2CN(C(=O)c3n[nH]c4c3CN(C)CC4)C[C@@H]2N)o1. The van der Waals surface area contributed by atoms with Crippen LogP contribution in [0, 0.1) is 6.92 Å². The van der Waals surface area contributed by atoms with Gasteiger partial charge in [-0.3, -0.25) is 9.89 Å². The van der Waals surface area contributed by atoms with Gasteiger partial charge in [0.2, 0.25) is 0 Å². The molecule has 3 N–H and O–H groups in total. The first kappa shape index (κ1) is 15.4. The minimum absolute atomic E-state index is 0.0379. The highest BCUT2D eigenvalue weighted by Crippen LogP contribution is 2.30. The van der Waals surface area contributed by atoms with Gasteiger partial charge in [-0.2, -0.15) is 5.10 Å². The van der Waals surface area contributed by atoms with E-state index in [9.17, 15) is 4.79 Å². The maximum atomic E-state index is 13.0. The summed E-state index contributed by atoms with van der Waals surface area (Å²) in [7, 11) is 2.06. The molecule has 0 radical (unpaired) electrons. The molecular weight excluding hydrogens is 306 g/mol. The number of likely N-dealkylation sites (tertiary alicyclic amines) is 1. The number of nitrogens with zero attached hydrogens (tertiary/aromatic N) is 3. The Morgan fingerprint density at radius 2 is 2.25 bits per heavy atom. The normalized spacial score (nSPS) is 24.4. The van der Waals surface area contributed by atoms with Crippen molar-refractivity contribution >= 4 is 5.91 Å². The Kier molecular flexibility index (Phi) is 3.69. The first-order valence-electron chi connectivity index (χ1n) is 8.38. The molecule has 2 atom stereocenters. The smallest absolute Gasteiger partial charge is 0.274 e. The Bertz CT molecular complexity index is 765. The highest BCUT2D eigenvalue weighted by molar-refractivity contribution is 5.94. The number of aryl methyl sites for hydroxylation is 1. The molecule has 1 fully saturated rings. The number of carbonyl (C=O) groups excluding carboxylic acids is 1. The molecule has 0 spiro atoms. The number of aromatic amines is 1. The molecule has 24 heavy (non-hydrogen) atoms. The fourth-order valence-corrected chi connectivity index (χ4v) is 3.71. The average molecular weight is 329 g/mol. The number of nitrogens with one attached hydrogen (secondary N) is 1. The molecule has 0 aliphatic carbocycles. The lowest BCUT2D eigenvalue weighted by atomic mass is 10.0. The van der Waals surface area contributed by atoms with Gasteiger partial charge in [0.1, 0.15) is 11.5 Å². The summed E-state index contributed by atoms with van der Waals surface area (Å²) < 4.78 is 5.71. The molecule has 1 amide bonds. The van der Waals surface area contributed by atoms with E-state index in [1.54, 1.807) is 4.90 Å². The third-order valence-corrected chi connectivity index (χ3v) is 5.11. The minimum Gasteiger partial charge on any atom is -0.466 e. The molecule has 0 aromatic carbocycles. The molecule has 2 aromatic rings. The van der Waals surface area contributed by atoms with Crippen LogP contribution in [-0.4, -0.2) is 58.6 Å². The maximum Gasteiger partial charge on any atom is 0.274 e. The van der Waals surface area contributed by atoms with E-state index in [4.69, 9.17) is 10.2 Å². The number of furan rings is 1.